The summed E-state index contributed by atoms with van der Waals surface area (Å²) in [5.41, 5.74) is 1.36. The van der Waals surface area contributed by atoms with Crippen molar-refractivity contribution < 1.29 is 19.1 Å². The maximum atomic E-state index is 12.7. The number of nitrogens with one attached hydrogen (secondary N) is 1. The smallest absolute Gasteiger partial charge is 0.229 e. The van der Waals surface area contributed by atoms with Crippen LogP contribution in [0.3, 0.4) is 0 Å². The highest BCUT2D eigenvalue weighted by Gasteiger charge is 2.35. The van der Waals surface area contributed by atoms with Crippen molar-refractivity contribution in [2.75, 3.05) is 23.9 Å². The Bertz CT molecular complexity index is 1080. The van der Waals surface area contributed by atoms with Crippen LogP contribution in [0.15, 0.2) is 72.8 Å². The molecule has 2 amide bonds. The minimum absolute atomic E-state index is 0.0832. The summed E-state index contributed by atoms with van der Waals surface area (Å²) >= 11 is 5.88. The fourth-order valence-corrected chi connectivity index (χ4v) is 3.53. The SMILES string of the molecule is COc1cccc(N2C[C@H](C(=O)Nc3ccc(Oc4ccc(Cl)cc4)cc3)CC2=O)c1. The molecule has 158 valence electrons. The minimum atomic E-state index is -0.427. The zero-order chi connectivity index (χ0) is 21.8. The Hall–Kier alpha value is -3.51. The third kappa shape index (κ3) is 4.98. The number of hydrogen-bond acceptors (Lipinski definition) is 4. The van der Waals surface area contributed by atoms with Crippen molar-refractivity contribution in [3.63, 3.8) is 0 Å². The number of nitrogens with zero attached hydrogens (tertiary/aromatic N) is 1. The number of methoxy groups -OCH3 is 1. The molecule has 0 aromatic heterocycles. The maximum Gasteiger partial charge on any atom is 0.229 e. The molecular weight excluding hydrogens is 416 g/mol. The number of carbonyl (C=O) groups is 2. The van der Waals surface area contributed by atoms with E-state index in [-0.39, 0.29) is 18.2 Å². The number of hydrogen-bond donors (Lipinski definition) is 1. The lowest BCUT2D eigenvalue weighted by atomic mass is 10.1. The third-order valence-electron chi connectivity index (χ3n) is 5.03. The van der Waals surface area contributed by atoms with Gasteiger partial charge in [0.15, 0.2) is 0 Å². The van der Waals surface area contributed by atoms with Gasteiger partial charge in [0.05, 0.1) is 13.0 Å². The first kappa shape index (κ1) is 20.8. The summed E-state index contributed by atoms with van der Waals surface area (Å²) in [7, 11) is 1.58. The summed E-state index contributed by atoms with van der Waals surface area (Å²) < 4.78 is 11.0. The van der Waals surface area contributed by atoms with Crippen molar-refractivity contribution in [2.45, 2.75) is 6.42 Å². The van der Waals surface area contributed by atoms with Crippen molar-refractivity contribution >= 4 is 34.8 Å². The lowest BCUT2D eigenvalue weighted by Crippen LogP contribution is -2.28. The summed E-state index contributed by atoms with van der Waals surface area (Å²) in [6.07, 6.45) is 0.167. The second-order valence-electron chi connectivity index (χ2n) is 7.18. The predicted molar refractivity (Wildman–Crippen MR) is 120 cm³/mol. The molecule has 6 nitrogen and oxygen atoms in total. The Balaban J connectivity index is 1.37. The summed E-state index contributed by atoms with van der Waals surface area (Å²) in [4.78, 5) is 26.8. The highest BCUT2D eigenvalue weighted by atomic mass is 35.5. The number of rotatable bonds is 6. The van der Waals surface area contributed by atoms with Gasteiger partial charge in [-0.3, -0.25) is 9.59 Å². The molecule has 1 aliphatic heterocycles. The standard InChI is InChI=1S/C24H21ClN2O4/c1-30-22-4-2-3-19(14-22)27-15-16(13-23(27)28)24(29)26-18-7-11-21(12-8-18)31-20-9-5-17(25)6-10-20/h2-12,14,16H,13,15H2,1H3,(H,26,29)/t16-/m1/s1. The highest BCUT2D eigenvalue weighted by molar-refractivity contribution is 6.30. The molecule has 31 heavy (non-hydrogen) atoms. The van der Waals surface area contributed by atoms with Gasteiger partial charge in [0.25, 0.3) is 0 Å². The molecule has 1 heterocycles. The molecule has 1 N–H and O–H groups in total. The largest absolute Gasteiger partial charge is 0.497 e. The Morgan fingerprint density at radius 2 is 1.68 bits per heavy atom. The molecule has 3 aromatic carbocycles. The fraction of sp³-hybridized carbons (Fsp3) is 0.167. The van der Waals surface area contributed by atoms with Crippen LogP contribution in [-0.4, -0.2) is 25.5 Å². The maximum absolute atomic E-state index is 12.7. The van der Waals surface area contributed by atoms with E-state index in [4.69, 9.17) is 21.1 Å². The zero-order valence-electron chi connectivity index (χ0n) is 16.9. The summed E-state index contributed by atoms with van der Waals surface area (Å²) in [5, 5.41) is 3.52. The Labute approximate surface area is 185 Å². The normalized spacial score (nSPS) is 15.6. The zero-order valence-corrected chi connectivity index (χ0v) is 17.6. The second-order valence-corrected chi connectivity index (χ2v) is 7.61. The molecule has 0 radical (unpaired) electrons. The first-order chi connectivity index (χ1) is 15.0. The van der Waals surface area contributed by atoms with Crippen LogP contribution >= 0.6 is 11.6 Å². The van der Waals surface area contributed by atoms with E-state index in [1.807, 2.05) is 18.2 Å². The number of amides is 2. The van der Waals surface area contributed by atoms with E-state index in [0.717, 1.165) is 5.69 Å². The van der Waals surface area contributed by atoms with E-state index in [1.165, 1.54) is 0 Å². The van der Waals surface area contributed by atoms with Crippen LogP contribution in [0.25, 0.3) is 0 Å². The molecule has 0 unspecified atom stereocenters. The Morgan fingerprint density at radius 3 is 2.35 bits per heavy atom. The molecule has 1 saturated heterocycles. The van der Waals surface area contributed by atoms with Crippen LogP contribution in [0.1, 0.15) is 6.42 Å². The Kier molecular flexibility index (Phi) is 6.09. The van der Waals surface area contributed by atoms with E-state index in [1.54, 1.807) is 66.6 Å². The van der Waals surface area contributed by atoms with Crippen molar-refractivity contribution in [2.24, 2.45) is 5.92 Å². The molecule has 0 aliphatic carbocycles. The van der Waals surface area contributed by atoms with Gasteiger partial charge < -0.3 is 19.7 Å². The van der Waals surface area contributed by atoms with Gasteiger partial charge in [0.1, 0.15) is 17.2 Å². The summed E-state index contributed by atoms with van der Waals surface area (Å²) in [6.45, 7) is 0.329. The molecule has 1 atom stereocenters. The van der Waals surface area contributed by atoms with Crippen molar-refractivity contribution in [3.05, 3.63) is 77.8 Å². The molecule has 0 spiro atoms. The van der Waals surface area contributed by atoms with Crippen LogP contribution in [0.2, 0.25) is 5.02 Å². The molecule has 0 bridgehead atoms. The van der Waals surface area contributed by atoms with Crippen molar-refractivity contribution in [1.29, 1.82) is 0 Å². The second kappa shape index (κ2) is 9.10. The monoisotopic (exact) mass is 436 g/mol. The van der Waals surface area contributed by atoms with E-state index >= 15 is 0 Å². The fourth-order valence-electron chi connectivity index (χ4n) is 3.40. The molecule has 1 aliphatic rings. The molecule has 0 saturated carbocycles. The van der Waals surface area contributed by atoms with Crippen LogP contribution in [0.4, 0.5) is 11.4 Å². The number of carbonyl (C=O) groups excluding carboxylic acids is 2. The van der Waals surface area contributed by atoms with E-state index in [2.05, 4.69) is 5.32 Å². The predicted octanol–water partition coefficient (Wildman–Crippen LogP) is 5.13. The third-order valence-corrected chi connectivity index (χ3v) is 5.28. The molecule has 1 fully saturated rings. The topological polar surface area (TPSA) is 67.9 Å². The van der Waals surface area contributed by atoms with Gasteiger partial charge in [-0.05, 0) is 60.7 Å². The first-order valence-corrected chi connectivity index (χ1v) is 10.2. The van der Waals surface area contributed by atoms with Gasteiger partial charge >= 0.3 is 0 Å². The van der Waals surface area contributed by atoms with Gasteiger partial charge in [-0.15, -0.1) is 0 Å². The average Bonchev–Trinajstić information content (AvgIpc) is 3.18. The highest BCUT2D eigenvalue weighted by Crippen LogP contribution is 2.29. The van der Waals surface area contributed by atoms with Gasteiger partial charge in [-0.1, -0.05) is 17.7 Å². The first-order valence-electron chi connectivity index (χ1n) is 9.80. The van der Waals surface area contributed by atoms with Crippen LogP contribution in [0, 0.1) is 5.92 Å². The lowest BCUT2D eigenvalue weighted by Gasteiger charge is -2.17. The summed E-state index contributed by atoms with van der Waals surface area (Å²) in [5.74, 6) is 1.27. The van der Waals surface area contributed by atoms with Gasteiger partial charge in [0, 0.05) is 35.4 Å². The minimum Gasteiger partial charge on any atom is -0.497 e. The van der Waals surface area contributed by atoms with E-state index in [9.17, 15) is 9.59 Å². The van der Waals surface area contributed by atoms with Crippen LogP contribution in [0.5, 0.6) is 17.2 Å². The van der Waals surface area contributed by atoms with E-state index < -0.39 is 5.92 Å². The number of ether oxygens (including phenoxy) is 2. The lowest BCUT2D eigenvalue weighted by molar-refractivity contribution is -0.122. The van der Waals surface area contributed by atoms with Gasteiger partial charge in [0.2, 0.25) is 11.8 Å². The van der Waals surface area contributed by atoms with Gasteiger partial charge in [-0.2, -0.15) is 0 Å². The van der Waals surface area contributed by atoms with Crippen molar-refractivity contribution in [1.82, 2.24) is 0 Å². The number of halogens is 1. The molecule has 4 rings (SSSR count). The van der Waals surface area contributed by atoms with E-state index in [0.29, 0.717) is 34.5 Å². The molecular formula is C24H21ClN2O4. The average molecular weight is 437 g/mol. The molecule has 3 aromatic rings. The molecule has 7 heteroatoms. The summed E-state index contributed by atoms with van der Waals surface area (Å²) in [6, 6.07) is 21.4. The Morgan fingerprint density at radius 1 is 1.00 bits per heavy atom. The van der Waals surface area contributed by atoms with Crippen LogP contribution in [-0.2, 0) is 9.59 Å². The number of anilines is 2. The number of benzene rings is 3. The van der Waals surface area contributed by atoms with Crippen molar-refractivity contribution in [3.8, 4) is 17.2 Å². The van der Waals surface area contributed by atoms with Crippen LogP contribution < -0.4 is 19.7 Å². The quantitative estimate of drug-likeness (QED) is 0.581. The van der Waals surface area contributed by atoms with Gasteiger partial charge in [-0.25, -0.2) is 0 Å².